The normalized spacial score (nSPS) is 20.2. The van der Waals surface area contributed by atoms with Crippen LogP contribution in [0, 0.1) is 0 Å². The topological polar surface area (TPSA) is 46.6 Å². The molecule has 4 nitrogen and oxygen atoms in total. The number of hydrogen-bond acceptors (Lipinski definition) is 3. The molecule has 2 heterocycles. The highest BCUT2D eigenvalue weighted by atomic mass is 16.6. The molecule has 2 aliphatic rings. The molecule has 2 saturated heterocycles. The van der Waals surface area contributed by atoms with Crippen molar-refractivity contribution in [3.63, 3.8) is 0 Å². The summed E-state index contributed by atoms with van der Waals surface area (Å²) in [5.74, 6) is 0.262. The lowest BCUT2D eigenvalue weighted by Gasteiger charge is -2.10. The lowest BCUT2D eigenvalue weighted by atomic mass is 10.4. The zero-order valence-electron chi connectivity index (χ0n) is 7.91. The molecular weight excluding hydrogens is 170 g/mol. The van der Waals surface area contributed by atoms with Crippen LogP contribution >= 0.6 is 0 Å². The second-order valence-electron chi connectivity index (χ2n) is 3.05. The smallest absolute Gasteiger partial charge is 0.309 e. The molecule has 0 aromatic rings. The summed E-state index contributed by atoms with van der Waals surface area (Å²) in [6.45, 7) is 4.52. The van der Waals surface area contributed by atoms with E-state index in [1.54, 1.807) is 0 Å². The zero-order chi connectivity index (χ0) is 9.68. The van der Waals surface area contributed by atoms with E-state index in [9.17, 15) is 9.59 Å². The lowest BCUT2D eigenvalue weighted by Crippen LogP contribution is -2.23. The van der Waals surface area contributed by atoms with E-state index in [0.29, 0.717) is 18.9 Å². The summed E-state index contributed by atoms with van der Waals surface area (Å²) in [6.07, 6.45) is 2.46. The summed E-state index contributed by atoms with van der Waals surface area (Å²) in [6, 6.07) is 0. The van der Waals surface area contributed by atoms with Crippen LogP contribution in [-0.2, 0) is 14.3 Å². The third-order valence-corrected chi connectivity index (χ3v) is 2.12. The van der Waals surface area contributed by atoms with Crippen molar-refractivity contribution in [2.45, 2.75) is 26.2 Å². The van der Waals surface area contributed by atoms with E-state index in [-0.39, 0.29) is 5.97 Å². The highest BCUT2D eigenvalue weighted by Crippen LogP contribution is 2.07. The Hall–Kier alpha value is -1.06. The van der Waals surface area contributed by atoms with Crippen molar-refractivity contribution < 1.29 is 14.3 Å². The first-order chi connectivity index (χ1) is 6.24. The Kier molecular flexibility index (Phi) is 3.73. The van der Waals surface area contributed by atoms with Gasteiger partial charge in [0, 0.05) is 19.5 Å². The predicted octanol–water partition coefficient (Wildman–Crippen LogP) is 0.562. The first kappa shape index (κ1) is 10.0. The van der Waals surface area contributed by atoms with Gasteiger partial charge in [-0.3, -0.25) is 9.59 Å². The molecule has 74 valence electrons. The van der Waals surface area contributed by atoms with Crippen molar-refractivity contribution in [3.05, 3.63) is 0 Å². The predicted molar refractivity (Wildman–Crippen MR) is 47.1 cm³/mol. The quantitative estimate of drug-likeness (QED) is 0.561. The molecule has 0 N–H and O–H groups in total. The number of esters is 1. The highest BCUT2D eigenvalue weighted by molar-refractivity contribution is 5.77. The molecule has 0 aromatic carbocycles. The van der Waals surface area contributed by atoms with E-state index in [2.05, 4.69) is 4.74 Å². The molecule has 2 rings (SSSR count). The molecule has 0 aliphatic carbocycles. The Bertz CT molecular complexity index is 197. The number of ether oxygens (including phenoxy) is 1. The minimum atomic E-state index is -0.0648. The van der Waals surface area contributed by atoms with Gasteiger partial charge in [-0.2, -0.15) is 0 Å². The lowest BCUT2D eigenvalue weighted by molar-refractivity contribution is -0.157. The number of rotatable bonds is 1. The molecule has 0 radical (unpaired) electrons. The van der Waals surface area contributed by atoms with Crippen LogP contribution in [0.2, 0.25) is 0 Å². The molecule has 0 unspecified atom stereocenters. The molecule has 2 fully saturated rings. The Labute approximate surface area is 77.8 Å². The van der Waals surface area contributed by atoms with E-state index >= 15 is 0 Å². The molecule has 2 aliphatic heterocycles. The van der Waals surface area contributed by atoms with E-state index in [1.807, 2.05) is 11.8 Å². The van der Waals surface area contributed by atoms with Crippen molar-refractivity contribution in [1.82, 2.24) is 4.90 Å². The highest BCUT2D eigenvalue weighted by Gasteiger charge is 2.16. The number of likely N-dealkylation sites (tertiary alicyclic amines) is 1. The van der Waals surface area contributed by atoms with Crippen LogP contribution in [0.15, 0.2) is 0 Å². The van der Waals surface area contributed by atoms with Crippen molar-refractivity contribution >= 4 is 11.9 Å². The van der Waals surface area contributed by atoms with Crippen molar-refractivity contribution in [1.29, 1.82) is 0 Å². The summed E-state index contributed by atoms with van der Waals surface area (Å²) in [7, 11) is 0. The van der Waals surface area contributed by atoms with Crippen LogP contribution in [0.1, 0.15) is 26.2 Å². The third-order valence-electron chi connectivity index (χ3n) is 2.12. The van der Waals surface area contributed by atoms with Gasteiger partial charge < -0.3 is 9.64 Å². The number of amides is 1. The van der Waals surface area contributed by atoms with Gasteiger partial charge in [-0.05, 0) is 13.3 Å². The third kappa shape index (κ3) is 3.05. The van der Waals surface area contributed by atoms with Gasteiger partial charge in [-0.25, -0.2) is 0 Å². The van der Waals surface area contributed by atoms with Gasteiger partial charge in [0.1, 0.15) is 6.61 Å². The van der Waals surface area contributed by atoms with E-state index in [4.69, 9.17) is 0 Å². The molecule has 0 saturated carbocycles. The van der Waals surface area contributed by atoms with Crippen LogP contribution in [-0.4, -0.2) is 36.5 Å². The summed E-state index contributed by atoms with van der Waals surface area (Å²) in [5.41, 5.74) is 0. The van der Waals surface area contributed by atoms with Gasteiger partial charge in [-0.15, -0.1) is 0 Å². The summed E-state index contributed by atoms with van der Waals surface area (Å²) >= 11 is 0. The van der Waals surface area contributed by atoms with Crippen molar-refractivity contribution in [3.8, 4) is 0 Å². The molecule has 4 heteroatoms. The minimum absolute atomic E-state index is 0.0648. The fourth-order valence-corrected chi connectivity index (χ4v) is 1.22. The molecular formula is C9H15NO3. The van der Waals surface area contributed by atoms with Gasteiger partial charge in [0.25, 0.3) is 0 Å². The number of carbonyl (C=O) groups is 2. The monoisotopic (exact) mass is 185 g/mol. The largest absolute Gasteiger partial charge is 0.465 e. The van der Waals surface area contributed by atoms with Crippen LogP contribution in [0.4, 0.5) is 0 Å². The molecule has 0 spiro atoms. The second kappa shape index (κ2) is 4.84. The van der Waals surface area contributed by atoms with Gasteiger partial charge >= 0.3 is 5.97 Å². The Morgan fingerprint density at radius 3 is 2.15 bits per heavy atom. The van der Waals surface area contributed by atoms with Crippen molar-refractivity contribution in [2.75, 3.05) is 19.7 Å². The minimum Gasteiger partial charge on any atom is -0.465 e. The summed E-state index contributed by atoms with van der Waals surface area (Å²) in [4.78, 5) is 22.3. The fourth-order valence-electron chi connectivity index (χ4n) is 1.22. The number of hydrogen-bond donors (Lipinski definition) is 0. The number of cyclic esters (lactones) is 1. The first-order valence-electron chi connectivity index (χ1n) is 4.67. The maximum atomic E-state index is 10.7. The molecule has 0 bridgehead atoms. The van der Waals surface area contributed by atoms with Crippen molar-refractivity contribution in [2.24, 2.45) is 0 Å². The summed E-state index contributed by atoms with van der Waals surface area (Å²) < 4.78 is 4.29. The molecule has 0 atom stereocenters. The van der Waals surface area contributed by atoms with Crippen LogP contribution in [0.3, 0.4) is 0 Å². The average molecular weight is 185 g/mol. The Balaban J connectivity index is 0.000000145. The van der Waals surface area contributed by atoms with Gasteiger partial charge in [0.15, 0.2) is 0 Å². The van der Waals surface area contributed by atoms with Crippen LogP contribution in [0.5, 0.6) is 0 Å². The van der Waals surface area contributed by atoms with Gasteiger partial charge in [0.2, 0.25) is 5.91 Å². The first-order valence-corrected chi connectivity index (χ1v) is 4.67. The Morgan fingerprint density at radius 1 is 1.38 bits per heavy atom. The second-order valence-corrected chi connectivity index (χ2v) is 3.05. The number of carbonyl (C=O) groups excluding carboxylic acids is 2. The fraction of sp³-hybridized carbons (Fsp3) is 0.778. The van der Waals surface area contributed by atoms with Gasteiger partial charge in [-0.1, -0.05) is 0 Å². The van der Waals surface area contributed by atoms with E-state index < -0.39 is 0 Å². The SMILES string of the molecule is CCN1CCCC1=O.O=C1CCO1. The molecule has 0 aromatic heterocycles. The number of nitrogens with zero attached hydrogens (tertiary/aromatic N) is 1. The maximum Gasteiger partial charge on any atom is 0.309 e. The zero-order valence-corrected chi connectivity index (χ0v) is 7.91. The maximum absolute atomic E-state index is 10.7. The standard InChI is InChI=1S/C6H11NO.C3H4O2/c1-2-7-5-3-4-6(7)8;4-3-1-2-5-3/h2-5H2,1H3;1-2H2. The van der Waals surface area contributed by atoms with Gasteiger partial charge in [0.05, 0.1) is 6.42 Å². The summed E-state index contributed by atoms with van der Waals surface area (Å²) in [5, 5.41) is 0. The average Bonchev–Trinajstić information content (AvgIpc) is 2.48. The molecule has 1 amide bonds. The van der Waals surface area contributed by atoms with E-state index in [0.717, 1.165) is 25.9 Å². The van der Waals surface area contributed by atoms with Crippen LogP contribution < -0.4 is 0 Å². The Morgan fingerprint density at radius 2 is 2.00 bits per heavy atom. The van der Waals surface area contributed by atoms with Crippen LogP contribution in [0.25, 0.3) is 0 Å². The molecule has 13 heavy (non-hydrogen) atoms. The van der Waals surface area contributed by atoms with E-state index in [1.165, 1.54) is 0 Å².